The van der Waals surface area contributed by atoms with E-state index in [0.717, 1.165) is 0 Å². The molecule has 0 saturated carbocycles. The predicted molar refractivity (Wildman–Crippen MR) is 49.7 cm³/mol. The molecule has 84 valence electrons. The van der Waals surface area contributed by atoms with Crippen molar-refractivity contribution in [2.24, 2.45) is 0 Å². The zero-order valence-corrected chi connectivity index (χ0v) is 7.95. The molecule has 0 atom stereocenters. The Bertz CT molecular complexity index is 405. The van der Waals surface area contributed by atoms with E-state index in [4.69, 9.17) is 0 Å². The Morgan fingerprint density at radius 3 is 2.88 bits per heavy atom. The summed E-state index contributed by atoms with van der Waals surface area (Å²) >= 11 is 0. The molecule has 0 unspecified atom stereocenters. The molecule has 1 aromatic rings. The highest BCUT2D eigenvalue weighted by molar-refractivity contribution is 5.95. The van der Waals surface area contributed by atoms with Crippen molar-refractivity contribution in [1.82, 2.24) is 10.3 Å². The fraction of sp³-hybridized carbons (Fsp3) is 0.125. The maximum atomic E-state index is 11.3. The molecule has 16 heavy (non-hydrogen) atoms. The molecule has 8 nitrogen and oxygen atoms in total. The van der Waals surface area contributed by atoms with Gasteiger partial charge in [-0.05, 0) is 12.1 Å². The molecule has 0 aromatic carbocycles. The van der Waals surface area contributed by atoms with Gasteiger partial charge in [-0.15, -0.1) is 10.1 Å². The zero-order chi connectivity index (χ0) is 12.0. The summed E-state index contributed by atoms with van der Waals surface area (Å²) in [7, 11) is 0. The first-order valence-corrected chi connectivity index (χ1v) is 4.13. The summed E-state index contributed by atoms with van der Waals surface area (Å²) in [6.07, 6.45) is 2.78. The van der Waals surface area contributed by atoms with Crippen LogP contribution in [0.15, 0.2) is 24.5 Å². The van der Waals surface area contributed by atoms with E-state index in [9.17, 15) is 19.7 Å². The summed E-state index contributed by atoms with van der Waals surface area (Å²) in [5.41, 5.74) is 0.247. The van der Waals surface area contributed by atoms with Crippen molar-refractivity contribution in [2.75, 3.05) is 6.54 Å². The lowest BCUT2D eigenvalue weighted by Crippen LogP contribution is -2.31. The first-order valence-electron chi connectivity index (χ1n) is 4.13. The molecular weight excluding hydrogens is 218 g/mol. The second kappa shape index (κ2) is 5.39. The molecule has 1 heterocycles. The summed E-state index contributed by atoms with van der Waals surface area (Å²) in [6, 6.07) is 3.03. The summed E-state index contributed by atoms with van der Waals surface area (Å²) in [4.78, 5) is 39.1. The molecule has 1 amide bonds. The fourth-order valence-corrected chi connectivity index (χ4v) is 0.867. The third kappa shape index (κ3) is 3.70. The standard InChI is InChI=1S/C8H7N3O5/c12-7(16-11(14)15)5-10-8(13)6-2-1-3-9-4-6/h1-4H,5H2,(H,10,13). The van der Waals surface area contributed by atoms with Gasteiger partial charge < -0.3 is 5.32 Å². The Kier molecular flexibility index (Phi) is 3.90. The Hall–Kier alpha value is -2.51. The number of amides is 1. The second-order valence-electron chi connectivity index (χ2n) is 2.61. The topological polar surface area (TPSA) is 111 Å². The number of nitrogens with zero attached hydrogens (tertiary/aromatic N) is 2. The molecule has 0 aliphatic rings. The number of carbonyl (C=O) groups excluding carboxylic acids is 2. The summed E-state index contributed by atoms with van der Waals surface area (Å²) in [5.74, 6) is -1.71. The highest BCUT2D eigenvalue weighted by atomic mass is 17.0. The van der Waals surface area contributed by atoms with Crippen LogP contribution >= 0.6 is 0 Å². The van der Waals surface area contributed by atoms with E-state index < -0.39 is 23.5 Å². The van der Waals surface area contributed by atoms with Gasteiger partial charge in [0.2, 0.25) is 0 Å². The number of aromatic nitrogens is 1. The van der Waals surface area contributed by atoms with Crippen LogP contribution in [0.2, 0.25) is 0 Å². The van der Waals surface area contributed by atoms with Crippen molar-refractivity contribution in [2.45, 2.75) is 0 Å². The summed E-state index contributed by atoms with van der Waals surface area (Å²) in [6.45, 7) is -0.575. The van der Waals surface area contributed by atoms with Crippen molar-refractivity contribution >= 4 is 11.9 Å². The normalized spacial score (nSPS) is 9.25. The maximum Gasteiger partial charge on any atom is 0.322 e. The van der Waals surface area contributed by atoms with Gasteiger partial charge in [0.05, 0.1) is 5.56 Å². The number of carbonyl (C=O) groups is 2. The predicted octanol–water partition coefficient (Wildman–Crippen LogP) is -0.454. The molecule has 0 bridgehead atoms. The number of pyridine rings is 1. The van der Waals surface area contributed by atoms with Crippen molar-refractivity contribution < 1.29 is 19.5 Å². The highest BCUT2D eigenvalue weighted by Gasteiger charge is 2.10. The lowest BCUT2D eigenvalue weighted by molar-refractivity contribution is -0.729. The van der Waals surface area contributed by atoms with Crippen LogP contribution in [0.4, 0.5) is 0 Å². The van der Waals surface area contributed by atoms with Gasteiger partial charge in [0, 0.05) is 12.4 Å². The van der Waals surface area contributed by atoms with E-state index in [-0.39, 0.29) is 5.56 Å². The van der Waals surface area contributed by atoms with E-state index in [1.54, 1.807) is 6.07 Å². The van der Waals surface area contributed by atoms with Gasteiger partial charge in [-0.3, -0.25) is 14.6 Å². The molecule has 1 aromatic heterocycles. The van der Waals surface area contributed by atoms with Gasteiger partial charge in [-0.2, -0.15) is 0 Å². The molecule has 0 spiro atoms. The average Bonchev–Trinajstić information content (AvgIpc) is 2.26. The molecular formula is C8H7N3O5. The second-order valence-corrected chi connectivity index (χ2v) is 2.61. The van der Waals surface area contributed by atoms with Crippen LogP contribution < -0.4 is 5.32 Å². The van der Waals surface area contributed by atoms with Crippen LogP contribution in [0.25, 0.3) is 0 Å². The van der Waals surface area contributed by atoms with Gasteiger partial charge in [0.1, 0.15) is 6.54 Å². The fourth-order valence-electron chi connectivity index (χ4n) is 0.867. The lowest BCUT2D eigenvalue weighted by Gasteiger charge is -2.02. The molecule has 0 aliphatic carbocycles. The minimum Gasteiger partial charge on any atom is -0.343 e. The van der Waals surface area contributed by atoms with Gasteiger partial charge in [0.25, 0.3) is 5.91 Å². The van der Waals surface area contributed by atoms with Crippen LogP contribution in [0.1, 0.15) is 10.4 Å². The summed E-state index contributed by atoms with van der Waals surface area (Å²) in [5, 5.41) is 10.7. The van der Waals surface area contributed by atoms with Gasteiger partial charge in [-0.25, -0.2) is 4.84 Å². The maximum absolute atomic E-state index is 11.3. The minimum atomic E-state index is -1.24. The number of hydrogen-bond donors (Lipinski definition) is 1. The van der Waals surface area contributed by atoms with Crippen LogP contribution in [0.3, 0.4) is 0 Å². The SMILES string of the molecule is O=C(CNC(=O)c1cccnc1)O[N+](=O)[O-]. The molecule has 0 saturated heterocycles. The molecule has 8 heteroatoms. The number of hydrogen-bond acceptors (Lipinski definition) is 6. The third-order valence-electron chi connectivity index (χ3n) is 1.49. The minimum absolute atomic E-state index is 0.247. The highest BCUT2D eigenvalue weighted by Crippen LogP contribution is 1.94. The van der Waals surface area contributed by atoms with Crippen LogP contribution in [-0.2, 0) is 9.63 Å². The average molecular weight is 225 g/mol. The smallest absolute Gasteiger partial charge is 0.322 e. The zero-order valence-electron chi connectivity index (χ0n) is 7.95. The van der Waals surface area contributed by atoms with E-state index >= 15 is 0 Å². The van der Waals surface area contributed by atoms with Gasteiger partial charge in [0.15, 0.2) is 0 Å². The quantitative estimate of drug-likeness (QED) is 0.548. The van der Waals surface area contributed by atoms with Crippen molar-refractivity contribution in [3.05, 3.63) is 40.2 Å². The van der Waals surface area contributed by atoms with Gasteiger partial charge >= 0.3 is 11.1 Å². The Morgan fingerprint density at radius 2 is 2.31 bits per heavy atom. The van der Waals surface area contributed by atoms with E-state index in [1.807, 2.05) is 0 Å². The van der Waals surface area contributed by atoms with E-state index in [1.165, 1.54) is 18.5 Å². The molecule has 0 aliphatic heterocycles. The lowest BCUT2D eigenvalue weighted by atomic mass is 10.3. The third-order valence-corrected chi connectivity index (χ3v) is 1.49. The first kappa shape index (κ1) is 11.6. The molecule has 1 rings (SSSR count). The Balaban J connectivity index is 2.42. The number of rotatable bonds is 4. The van der Waals surface area contributed by atoms with E-state index in [0.29, 0.717) is 0 Å². The Morgan fingerprint density at radius 1 is 1.56 bits per heavy atom. The van der Waals surface area contributed by atoms with Gasteiger partial charge in [-0.1, -0.05) is 0 Å². The van der Waals surface area contributed by atoms with Crippen molar-refractivity contribution in [1.29, 1.82) is 0 Å². The first-order chi connectivity index (χ1) is 7.59. The Labute approximate surface area is 89.3 Å². The summed E-state index contributed by atoms with van der Waals surface area (Å²) < 4.78 is 0. The molecule has 1 N–H and O–H groups in total. The molecule has 0 radical (unpaired) electrons. The van der Waals surface area contributed by atoms with Crippen LogP contribution in [-0.4, -0.2) is 28.5 Å². The van der Waals surface area contributed by atoms with Crippen molar-refractivity contribution in [3.63, 3.8) is 0 Å². The van der Waals surface area contributed by atoms with Crippen LogP contribution in [0, 0.1) is 10.1 Å². The number of nitrogens with one attached hydrogen (secondary N) is 1. The van der Waals surface area contributed by atoms with Crippen molar-refractivity contribution in [3.8, 4) is 0 Å². The van der Waals surface area contributed by atoms with Crippen LogP contribution in [0.5, 0.6) is 0 Å². The van der Waals surface area contributed by atoms with E-state index in [2.05, 4.69) is 15.1 Å². The monoisotopic (exact) mass is 225 g/mol. The molecule has 0 fully saturated rings. The largest absolute Gasteiger partial charge is 0.343 e.